The van der Waals surface area contributed by atoms with Gasteiger partial charge in [0.2, 0.25) is 5.91 Å². The third kappa shape index (κ3) is 6.83. The number of nitrogens with one attached hydrogen (secondary N) is 1. The van der Waals surface area contributed by atoms with Gasteiger partial charge in [-0.25, -0.2) is 4.79 Å². The predicted octanol–water partition coefficient (Wildman–Crippen LogP) is 3.93. The molecular weight excluding hydrogens is 354 g/mol. The highest BCUT2D eigenvalue weighted by Gasteiger charge is 2.15. The van der Waals surface area contributed by atoms with Gasteiger partial charge in [-0.1, -0.05) is 67.9 Å². The lowest BCUT2D eigenvalue weighted by molar-refractivity contribution is -0.139. The molecule has 1 amide bonds. The monoisotopic (exact) mass is 379 g/mol. The van der Waals surface area contributed by atoms with Crippen molar-refractivity contribution in [2.45, 2.75) is 33.1 Å². The maximum Gasteiger partial charge on any atom is 0.355 e. The van der Waals surface area contributed by atoms with E-state index in [1.807, 2.05) is 30.3 Å². The number of unbranched alkanes of at least 4 members (excludes halogenated alkanes) is 1. The summed E-state index contributed by atoms with van der Waals surface area (Å²) in [5.41, 5.74) is 2.38. The van der Waals surface area contributed by atoms with Gasteiger partial charge in [0, 0.05) is 12.5 Å². The molecule has 1 N–H and O–H groups in total. The minimum Gasteiger partial charge on any atom is -0.453 e. The molecule has 0 radical (unpaired) electrons. The molecule has 28 heavy (non-hydrogen) atoms. The number of hydrogen-bond donors (Lipinski definition) is 1. The molecule has 0 fully saturated rings. The first kappa shape index (κ1) is 21.1. The highest BCUT2D eigenvalue weighted by Crippen LogP contribution is 2.10. The summed E-state index contributed by atoms with van der Waals surface area (Å²) in [7, 11) is 0. The van der Waals surface area contributed by atoms with Crippen molar-refractivity contribution in [1.29, 1.82) is 0 Å². The Hall–Kier alpha value is -3.21. The minimum absolute atomic E-state index is 0.0126. The Morgan fingerprint density at radius 1 is 1.00 bits per heavy atom. The van der Waals surface area contributed by atoms with Gasteiger partial charge < -0.3 is 10.1 Å². The molecule has 5 nitrogen and oxygen atoms in total. The van der Waals surface area contributed by atoms with Gasteiger partial charge in [-0.2, -0.15) is 0 Å². The molecule has 0 aliphatic carbocycles. The lowest BCUT2D eigenvalue weighted by Crippen LogP contribution is -2.27. The van der Waals surface area contributed by atoms with Crippen LogP contribution in [0.15, 0.2) is 60.3 Å². The number of ether oxygens (including phenoxy) is 1. The quantitative estimate of drug-likeness (QED) is 0.407. The summed E-state index contributed by atoms with van der Waals surface area (Å²) in [4.78, 5) is 36.0. The SMILES string of the molecule is CCCCc1ccc(C(=O)COC(=O)/C(=C/c2ccccc2)NC(C)=O)cc1. The van der Waals surface area contributed by atoms with Crippen molar-refractivity contribution in [2.75, 3.05) is 6.61 Å². The van der Waals surface area contributed by atoms with E-state index in [0.717, 1.165) is 24.8 Å². The van der Waals surface area contributed by atoms with E-state index >= 15 is 0 Å². The average molecular weight is 379 g/mol. The second-order valence-electron chi connectivity index (χ2n) is 6.45. The zero-order valence-corrected chi connectivity index (χ0v) is 16.2. The Morgan fingerprint density at radius 3 is 2.29 bits per heavy atom. The smallest absolute Gasteiger partial charge is 0.355 e. The van der Waals surface area contributed by atoms with Crippen molar-refractivity contribution in [3.63, 3.8) is 0 Å². The first-order chi connectivity index (χ1) is 13.5. The maximum atomic E-state index is 12.3. The Bertz CT molecular complexity index is 839. The molecule has 0 aromatic heterocycles. The van der Waals surface area contributed by atoms with Gasteiger partial charge in [-0.3, -0.25) is 9.59 Å². The summed E-state index contributed by atoms with van der Waals surface area (Å²) in [5.74, 6) is -1.45. The molecule has 0 unspecified atom stereocenters. The van der Waals surface area contributed by atoms with Crippen LogP contribution < -0.4 is 5.32 Å². The third-order valence-corrected chi connectivity index (χ3v) is 4.07. The number of Topliss-reactive ketones (excluding diaryl/α,β-unsaturated/α-hetero) is 1. The van der Waals surface area contributed by atoms with E-state index in [1.54, 1.807) is 24.3 Å². The lowest BCUT2D eigenvalue weighted by Gasteiger charge is -2.09. The molecule has 0 bridgehead atoms. The Balaban J connectivity index is 2.00. The largest absolute Gasteiger partial charge is 0.453 e. The van der Waals surface area contributed by atoms with Gasteiger partial charge in [-0.05, 0) is 30.0 Å². The van der Waals surface area contributed by atoms with Gasteiger partial charge in [0.15, 0.2) is 12.4 Å². The van der Waals surface area contributed by atoms with Crippen molar-refractivity contribution in [1.82, 2.24) is 5.32 Å². The first-order valence-corrected chi connectivity index (χ1v) is 9.33. The molecule has 5 heteroatoms. The van der Waals surface area contributed by atoms with Crippen molar-refractivity contribution < 1.29 is 19.1 Å². The molecular formula is C23H25NO4. The van der Waals surface area contributed by atoms with E-state index in [-0.39, 0.29) is 11.5 Å². The van der Waals surface area contributed by atoms with Crippen LogP contribution >= 0.6 is 0 Å². The van der Waals surface area contributed by atoms with E-state index in [0.29, 0.717) is 5.56 Å². The van der Waals surface area contributed by atoms with Gasteiger partial charge >= 0.3 is 5.97 Å². The molecule has 0 spiro atoms. The molecule has 2 aromatic rings. The topological polar surface area (TPSA) is 72.5 Å². The second kappa shape index (κ2) is 10.8. The molecule has 0 heterocycles. The predicted molar refractivity (Wildman–Crippen MR) is 109 cm³/mol. The molecule has 2 aromatic carbocycles. The summed E-state index contributed by atoms with van der Waals surface area (Å²) >= 11 is 0. The minimum atomic E-state index is -0.757. The van der Waals surface area contributed by atoms with Crippen LogP contribution in [0.3, 0.4) is 0 Å². The normalized spacial score (nSPS) is 11.0. The molecule has 0 atom stereocenters. The number of esters is 1. The number of carbonyl (C=O) groups excluding carboxylic acids is 3. The van der Waals surface area contributed by atoms with Crippen LogP contribution in [0, 0.1) is 0 Å². The summed E-state index contributed by atoms with van der Waals surface area (Å²) in [6.45, 7) is 3.05. The number of hydrogen-bond acceptors (Lipinski definition) is 4. The summed E-state index contributed by atoms with van der Waals surface area (Å²) in [6.07, 6.45) is 4.70. The second-order valence-corrected chi connectivity index (χ2v) is 6.45. The third-order valence-electron chi connectivity index (χ3n) is 4.07. The van der Waals surface area contributed by atoms with E-state index in [1.165, 1.54) is 18.6 Å². The zero-order valence-electron chi connectivity index (χ0n) is 16.2. The summed E-state index contributed by atoms with van der Waals surface area (Å²) < 4.78 is 5.12. The van der Waals surface area contributed by atoms with Crippen molar-refractivity contribution in [3.8, 4) is 0 Å². The van der Waals surface area contributed by atoms with Gasteiger partial charge in [0.1, 0.15) is 5.70 Å². The molecule has 0 saturated carbocycles. The maximum absolute atomic E-state index is 12.3. The zero-order chi connectivity index (χ0) is 20.4. The number of amides is 1. The van der Waals surface area contributed by atoms with Crippen LogP contribution in [0.4, 0.5) is 0 Å². The van der Waals surface area contributed by atoms with Gasteiger partial charge in [-0.15, -0.1) is 0 Å². The molecule has 146 valence electrons. The van der Waals surface area contributed by atoms with Crippen LogP contribution in [0.5, 0.6) is 0 Å². The van der Waals surface area contributed by atoms with Gasteiger partial charge in [0.25, 0.3) is 0 Å². The Morgan fingerprint density at radius 2 is 1.68 bits per heavy atom. The highest BCUT2D eigenvalue weighted by molar-refractivity contribution is 6.01. The highest BCUT2D eigenvalue weighted by atomic mass is 16.5. The van der Waals surface area contributed by atoms with E-state index in [2.05, 4.69) is 12.2 Å². The fourth-order valence-electron chi connectivity index (χ4n) is 2.58. The Kier molecular flexibility index (Phi) is 8.15. The fraction of sp³-hybridized carbons (Fsp3) is 0.261. The number of carbonyl (C=O) groups is 3. The molecule has 0 aliphatic rings. The van der Waals surface area contributed by atoms with Crippen molar-refractivity contribution in [3.05, 3.63) is 77.0 Å². The first-order valence-electron chi connectivity index (χ1n) is 9.33. The molecule has 0 aliphatic heterocycles. The number of rotatable bonds is 9. The van der Waals surface area contributed by atoms with Crippen molar-refractivity contribution >= 4 is 23.7 Å². The number of aryl methyl sites for hydroxylation is 1. The summed E-state index contributed by atoms with van der Waals surface area (Å²) in [6, 6.07) is 16.4. The lowest BCUT2D eigenvalue weighted by atomic mass is 10.0. The van der Waals surface area contributed by atoms with Crippen LogP contribution in [0.1, 0.15) is 48.2 Å². The van der Waals surface area contributed by atoms with Crippen LogP contribution in [-0.2, 0) is 20.7 Å². The fourth-order valence-corrected chi connectivity index (χ4v) is 2.58. The summed E-state index contributed by atoms with van der Waals surface area (Å²) in [5, 5.41) is 2.45. The Labute approximate surface area is 165 Å². The van der Waals surface area contributed by atoms with E-state index in [9.17, 15) is 14.4 Å². The van der Waals surface area contributed by atoms with Crippen LogP contribution in [-0.4, -0.2) is 24.3 Å². The van der Waals surface area contributed by atoms with E-state index < -0.39 is 18.5 Å². The number of benzene rings is 2. The standard InChI is InChI=1S/C23H25NO4/c1-3-4-8-18-11-13-20(14-12-18)22(26)16-28-23(27)21(24-17(2)25)15-19-9-6-5-7-10-19/h5-7,9-15H,3-4,8,16H2,1-2H3,(H,24,25)/b21-15-. The number of ketones is 1. The average Bonchev–Trinajstić information content (AvgIpc) is 2.70. The molecule has 2 rings (SSSR count). The van der Waals surface area contributed by atoms with Crippen LogP contribution in [0.2, 0.25) is 0 Å². The van der Waals surface area contributed by atoms with Crippen molar-refractivity contribution in [2.24, 2.45) is 0 Å². The van der Waals surface area contributed by atoms with E-state index in [4.69, 9.17) is 4.74 Å². The molecule has 0 saturated heterocycles. The van der Waals surface area contributed by atoms with Gasteiger partial charge in [0.05, 0.1) is 0 Å². The van der Waals surface area contributed by atoms with Crippen LogP contribution in [0.25, 0.3) is 6.08 Å².